The number of allylic oxidation sites excluding steroid dienone is 1. The third kappa shape index (κ3) is 3.19. The Balaban J connectivity index is 1.83. The maximum absolute atomic E-state index is 13.2. The number of hydrogen-bond donors (Lipinski definition) is 0. The minimum atomic E-state index is -0.0964. The lowest BCUT2D eigenvalue weighted by Gasteiger charge is -2.20. The van der Waals surface area contributed by atoms with Gasteiger partial charge in [-0.2, -0.15) is 0 Å². The molecule has 1 fully saturated rings. The van der Waals surface area contributed by atoms with Crippen LogP contribution in [0.1, 0.15) is 25.7 Å². The zero-order valence-electron chi connectivity index (χ0n) is 14.1. The minimum absolute atomic E-state index is 0.0506. The van der Waals surface area contributed by atoms with E-state index >= 15 is 0 Å². The van der Waals surface area contributed by atoms with Crippen LogP contribution in [0.2, 0.25) is 0 Å². The van der Waals surface area contributed by atoms with E-state index in [4.69, 9.17) is 4.98 Å². The van der Waals surface area contributed by atoms with E-state index in [2.05, 4.69) is 6.58 Å². The van der Waals surface area contributed by atoms with Crippen LogP contribution in [0.15, 0.2) is 45.5 Å². The first-order valence-electron chi connectivity index (χ1n) is 8.55. The largest absolute Gasteiger partial charge is 0.298 e. The summed E-state index contributed by atoms with van der Waals surface area (Å²) in [5.41, 5.74) is 0.894. The van der Waals surface area contributed by atoms with Crippen LogP contribution in [0.3, 0.4) is 0 Å². The fourth-order valence-electron chi connectivity index (χ4n) is 3.20. The predicted octanol–water partition coefficient (Wildman–Crippen LogP) is 4.98. The second-order valence-electron chi connectivity index (χ2n) is 6.22. The SMILES string of the molecule is C=CCn1c(SC2CCCCC2=O)nc2scc(-c3cccs3)c2c1=O. The number of Topliss-reactive ketones (excluding diaryl/α,β-unsaturated/α-hetero) is 1. The highest BCUT2D eigenvalue weighted by atomic mass is 32.2. The number of ketones is 1. The summed E-state index contributed by atoms with van der Waals surface area (Å²) < 4.78 is 1.66. The molecule has 26 heavy (non-hydrogen) atoms. The molecule has 7 heteroatoms. The van der Waals surface area contributed by atoms with Gasteiger partial charge in [-0.3, -0.25) is 14.2 Å². The van der Waals surface area contributed by atoms with Gasteiger partial charge in [-0.15, -0.1) is 29.3 Å². The average molecular weight is 403 g/mol. The zero-order valence-corrected chi connectivity index (χ0v) is 16.6. The van der Waals surface area contributed by atoms with Crippen LogP contribution in [0.4, 0.5) is 0 Å². The maximum atomic E-state index is 13.2. The Morgan fingerprint density at radius 2 is 2.23 bits per heavy atom. The van der Waals surface area contributed by atoms with Gasteiger partial charge in [0.1, 0.15) is 10.6 Å². The summed E-state index contributed by atoms with van der Waals surface area (Å²) in [6.45, 7) is 4.17. The van der Waals surface area contributed by atoms with E-state index < -0.39 is 0 Å². The van der Waals surface area contributed by atoms with Crippen LogP contribution in [-0.2, 0) is 11.3 Å². The predicted molar refractivity (Wildman–Crippen MR) is 111 cm³/mol. The molecule has 0 aliphatic heterocycles. The van der Waals surface area contributed by atoms with Crippen molar-refractivity contribution >= 4 is 50.4 Å². The molecule has 1 aliphatic rings. The summed E-state index contributed by atoms with van der Waals surface area (Å²) in [6, 6.07) is 4.00. The van der Waals surface area contributed by atoms with Gasteiger partial charge in [0.15, 0.2) is 5.16 Å². The number of thioether (sulfide) groups is 1. The minimum Gasteiger partial charge on any atom is -0.298 e. The van der Waals surface area contributed by atoms with Crippen LogP contribution in [-0.4, -0.2) is 20.6 Å². The lowest BCUT2D eigenvalue weighted by Crippen LogP contribution is -2.26. The van der Waals surface area contributed by atoms with Gasteiger partial charge in [-0.05, 0) is 24.3 Å². The lowest BCUT2D eigenvalue weighted by atomic mass is 9.99. The van der Waals surface area contributed by atoms with Gasteiger partial charge in [0.25, 0.3) is 5.56 Å². The molecule has 4 nitrogen and oxygen atoms in total. The number of fused-ring (bicyclic) bond motifs is 1. The second kappa shape index (κ2) is 7.50. The highest BCUT2D eigenvalue weighted by molar-refractivity contribution is 8.00. The molecule has 0 saturated heterocycles. The maximum Gasteiger partial charge on any atom is 0.263 e. The number of carbonyl (C=O) groups is 1. The van der Waals surface area contributed by atoms with E-state index in [0.29, 0.717) is 23.5 Å². The van der Waals surface area contributed by atoms with Crippen molar-refractivity contribution in [3.8, 4) is 10.4 Å². The van der Waals surface area contributed by atoms with E-state index in [1.54, 1.807) is 22.0 Å². The Morgan fingerprint density at radius 3 is 2.96 bits per heavy atom. The van der Waals surface area contributed by atoms with Crippen LogP contribution in [0.5, 0.6) is 0 Å². The Morgan fingerprint density at radius 1 is 1.35 bits per heavy atom. The van der Waals surface area contributed by atoms with E-state index in [-0.39, 0.29) is 16.6 Å². The molecular weight excluding hydrogens is 384 g/mol. The topological polar surface area (TPSA) is 52.0 Å². The van der Waals surface area contributed by atoms with Crippen molar-refractivity contribution in [2.45, 2.75) is 42.6 Å². The number of thiophene rings is 2. The van der Waals surface area contributed by atoms with Crippen molar-refractivity contribution in [3.05, 3.63) is 45.9 Å². The van der Waals surface area contributed by atoms with Gasteiger partial charge in [0, 0.05) is 28.8 Å². The van der Waals surface area contributed by atoms with Gasteiger partial charge in [-0.1, -0.05) is 30.3 Å². The fourth-order valence-corrected chi connectivity index (χ4v) is 6.23. The molecule has 0 spiro atoms. The Labute approximate surface area is 163 Å². The van der Waals surface area contributed by atoms with Crippen LogP contribution in [0.25, 0.3) is 20.7 Å². The number of hydrogen-bond acceptors (Lipinski definition) is 6. The van der Waals surface area contributed by atoms with E-state index in [1.165, 1.54) is 23.1 Å². The summed E-state index contributed by atoms with van der Waals surface area (Å²) in [4.78, 5) is 32.0. The molecule has 3 aromatic rings. The Hall–Kier alpha value is -1.70. The molecule has 1 saturated carbocycles. The second-order valence-corrected chi connectivity index (χ2v) is 9.20. The standard InChI is InChI=1S/C19H18N2O2S3/c1-2-9-21-18(23)16-12(14-8-5-10-24-14)11-25-17(16)20-19(21)26-15-7-4-3-6-13(15)22/h2,5,8,10-11,15H,1,3-4,6-7,9H2. The quantitative estimate of drug-likeness (QED) is 0.446. The van der Waals surface area contributed by atoms with E-state index in [1.807, 2.05) is 22.9 Å². The summed E-state index contributed by atoms with van der Waals surface area (Å²) in [5.74, 6) is 0.270. The molecule has 1 atom stereocenters. The van der Waals surface area contributed by atoms with Gasteiger partial charge in [0.2, 0.25) is 0 Å². The van der Waals surface area contributed by atoms with Crippen molar-refractivity contribution in [2.75, 3.05) is 0 Å². The summed E-state index contributed by atoms with van der Waals surface area (Å²) in [6.07, 6.45) is 5.22. The average Bonchev–Trinajstić information content (AvgIpc) is 3.29. The van der Waals surface area contributed by atoms with Gasteiger partial charge in [-0.25, -0.2) is 4.98 Å². The van der Waals surface area contributed by atoms with Crippen molar-refractivity contribution in [3.63, 3.8) is 0 Å². The summed E-state index contributed by atoms with van der Waals surface area (Å²) in [5, 5.41) is 5.21. The van der Waals surface area contributed by atoms with Crippen LogP contribution >= 0.6 is 34.4 Å². The smallest absolute Gasteiger partial charge is 0.263 e. The first-order valence-corrected chi connectivity index (χ1v) is 11.2. The molecule has 134 valence electrons. The number of nitrogens with zero attached hydrogens (tertiary/aromatic N) is 2. The normalized spacial score (nSPS) is 17.7. The summed E-state index contributed by atoms with van der Waals surface area (Å²) in [7, 11) is 0. The molecule has 0 amide bonds. The highest BCUT2D eigenvalue weighted by Crippen LogP contribution is 2.36. The fraction of sp³-hybridized carbons (Fsp3) is 0.316. The lowest BCUT2D eigenvalue weighted by molar-refractivity contribution is -0.119. The molecular formula is C19H18N2O2S3. The molecule has 3 heterocycles. The van der Waals surface area contributed by atoms with Crippen LogP contribution in [0, 0.1) is 0 Å². The molecule has 0 N–H and O–H groups in total. The van der Waals surface area contributed by atoms with Crippen molar-refractivity contribution < 1.29 is 4.79 Å². The Kier molecular flexibility index (Phi) is 5.11. The molecule has 1 aliphatic carbocycles. The number of rotatable bonds is 5. The Bertz CT molecular complexity index is 1020. The van der Waals surface area contributed by atoms with Crippen molar-refractivity contribution in [1.29, 1.82) is 0 Å². The monoisotopic (exact) mass is 402 g/mol. The molecule has 3 aromatic heterocycles. The third-order valence-corrected chi connectivity index (χ3v) is 7.58. The molecule has 4 rings (SSSR count). The third-order valence-electron chi connectivity index (χ3n) is 4.50. The van der Waals surface area contributed by atoms with Gasteiger partial charge < -0.3 is 0 Å². The first-order chi connectivity index (χ1) is 12.7. The van der Waals surface area contributed by atoms with Gasteiger partial charge >= 0.3 is 0 Å². The van der Waals surface area contributed by atoms with E-state index in [9.17, 15) is 9.59 Å². The molecule has 0 aromatic carbocycles. The van der Waals surface area contributed by atoms with Crippen molar-refractivity contribution in [1.82, 2.24) is 9.55 Å². The van der Waals surface area contributed by atoms with Crippen LogP contribution < -0.4 is 5.56 Å². The summed E-state index contributed by atoms with van der Waals surface area (Å²) >= 11 is 4.54. The van der Waals surface area contributed by atoms with Gasteiger partial charge in [0.05, 0.1) is 10.6 Å². The molecule has 0 radical (unpaired) electrons. The van der Waals surface area contributed by atoms with E-state index in [0.717, 1.165) is 34.5 Å². The zero-order chi connectivity index (χ0) is 18.1. The number of carbonyl (C=O) groups excluding carboxylic acids is 1. The molecule has 1 unspecified atom stereocenters. The van der Waals surface area contributed by atoms with Crippen molar-refractivity contribution in [2.24, 2.45) is 0 Å². The molecule has 0 bridgehead atoms. The first kappa shape index (κ1) is 17.7. The number of aromatic nitrogens is 2. The highest BCUT2D eigenvalue weighted by Gasteiger charge is 2.26.